The summed E-state index contributed by atoms with van der Waals surface area (Å²) >= 11 is 1.45. The van der Waals surface area contributed by atoms with Crippen molar-refractivity contribution in [3.63, 3.8) is 0 Å². The standard InChI is InChI=1S/C12H10N2S/c1-8-2-4-9(5-3-8)11-6-10(7-13)12(14)15-11/h2-6H,14H2,1H3. The lowest BCUT2D eigenvalue weighted by molar-refractivity contribution is 1.47. The van der Waals surface area contributed by atoms with Crippen molar-refractivity contribution in [2.24, 2.45) is 0 Å². The van der Waals surface area contributed by atoms with Gasteiger partial charge in [0.1, 0.15) is 11.1 Å². The van der Waals surface area contributed by atoms with Gasteiger partial charge in [0.15, 0.2) is 0 Å². The Morgan fingerprint density at radius 2 is 1.93 bits per heavy atom. The number of aryl methyl sites for hydroxylation is 1. The summed E-state index contributed by atoms with van der Waals surface area (Å²) < 4.78 is 0. The Balaban J connectivity index is 2.46. The van der Waals surface area contributed by atoms with Crippen LogP contribution in [0.5, 0.6) is 0 Å². The van der Waals surface area contributed by atoms with Crippen LogP contribution >= 0.6 is 11.3 Å². The van der Waals surface area contributed by atoms with Gasteiger partial charge in [0, 0.05) is 4.88 Å². The van der Waals surface area contributed by atoms with Gasteiger partial charge < -0.3 is 5.73 Å². The number of anilines is 1. The molecule has 0 aliphatic rings. The van der Waals surface area contributed by atoms with E-state index in [0.717, 1.165) is 10.4 Å². The van der Waals surface area contributed by atoms with Crippen molar-refractivity contribution in [3.05, 3.63) is 41.5 Å². The predicted octanol–water partition coefficient (Wildman–Crippen LogP) is 3.18. The predicted molar refractivity (Wildman–Crippen MR) is 63.6 cm³/mol. The van der Waals surface area contributed by atoms with Crippen LogP contribution in [-0.2, 0) is 0 Å². The molecule has 1 aromatic carbocycles. The van der Waals surface area contributed by atoms with Gasteiger partial charge in [-0.2, -0.15) is 5.26 Å². The number of hydrogen-bond donors (Lipinski definition) is 1. The van der Waals surface area contributed by atoms with E-state index in [4.69, 9.17) is 11.0 Å². The molecule has 0 saturated heterocycles. The van der Waals surface area contributed by atoms with E-state index >= 15 is 0 Å². The molecule has 2 aromatic rings. The van der Waals surface area contributed by atoms with Gasteiger partial charge in [0.2, 0.25) is 0 Å². The third-order valence-electron chi connectivity index (χ3n) is 2.22. The van der Waals surface area contributed by atoms with Gasteiger partial charge in [-0.3, -0.25) is 0 Å². The van der Waals surface area contributed by atoms with Crippen LogP contribution in [0.2, 0.25) is 0 Å². The monoisotopic (exact) mass is 214 g/mol. The molecule has 0 bridgehead atoms. The van der Waals surface area contributed by atoms with E-state index in [0.29, 0.717) is 10.6 Å². The summed E-state index contributed by atoms with van der Waals surface area (Å²) in [5, 5.41) is 9.39. The maximum absolute atomic E-state index is 8.80. The number of nitriles is 1. The van der Waals surface area contributed by atoms with Gasteiger partial charge >= 0.3 is 0 Å². The summed E-state index contributed by atoms with van der Waals surface area (Å²) in [5.41, 5.74) is 8.62. The number of benzene rings is 1. The lowest BCUT2D eigenvalue weighted by atomic mass is 10.1. The van der Waals surface area contributed by atoms with E-state index in [2.05, 4.69) is 18.2 Å². The highest BCUT2D eigenvalue weighted by Crippen LogP contribution is 2.32. The molecule has 0 unspecified atom stereocenters. The quantitative estimate of drug-likeness (QED) is 0.792. The Bertz CT molecular complexity index is 518. The average molecular weight is 214 g/mol. The summed E-state index contributed by atoms with van der Waals surface area (Å²) in [6.07, 6.45) is 0. The van der Waals surface area contributed by atoms with Gasteiger partial charge in [-0.1, -0.05) is 29.8 Å². The summed E-state index contributed by atoms with van der Waals surface area (Å²) in [5.74, 6) is 0. The fraction of sp³-hybridized carbons (Fsp3) is 0.0833. The highest BCUT2D eigenvalue weighted by atomic mass is 32.1. The molecule has 0 amide bonds. The fourth-order valence-corrected chi connectivity index (χ4v) is 2.23. The zero-order valence-corrected chi connectivity index (χ0v) is 9.14. The Morgan fingerprint density at radius 3 is 2.47 bits per heavy atom. The van der Waals surface area contributed by atoms with Crippen LogP contribution in [0.4, 0.5) is 5.00 Å². The first-order valence-corrected chi connectivity index (χ1v) is 5.39. The maximum atomic E-state index is 8.80. The van der Waals surface area contributed by atoms with Crippen LogP contribution in [0.3, 0.4) is 0 Å². The van der Waals surface area contributed by atoms with Crippen LogP contribution in [-0.4, -0.2) is 0 Å². The molecule has 0 aliphatic carbocycles. The van der Waals surface area contributed by atoms with Crippen molar-refractivity contribution in [2.45, 2.75) is 6.92 Å². The van der Waals surface area contributed by atoms with Gasteiger partial charge in [-0.05, 0) is 18.6 Å². The summed E-state index contributed by atoms with van der Waals surface area (Å²) in [6, 6.07) is 12.1. The second-order valence-electron chi connectivity index (χ2n) is 3.37. The fourth-order valence-electron chi connectivity index (χ4n) is 1.35. The van der Waals surface area contributed by atoms with E-state index in [1.54, 1.807) is 0 Å². The Morgan fingerprint density at radius 1 is 1.27 bits per heavy atom. The third kappa shape index (κ3) is 1.85. The molecule has 0 atom stereocenters. The highest BCUT2D eigenvalue weighted by molar-refractivity contribution is 7.19. The number of nitrogen functional groups attached to an aromatic ring is 1. The minimum Gasteiger partial charge on any atom is -0.389 e. The number of nitrogens with zero attached hydrogens (tertiary/aromatic N) is 1. The zero-order chi connectivity index (χ0) is 10.8. The van der Waals surface area contributed by atoms with E-state index in [-0.39, 0.29) is 0 Å². The van der Waals surface area contributed by atoms with Gasteiger partial charge in [-0.15, -0.1) is 11.3 Å². The average Bonchev–Trinajstić information content (AvgIpc) is 2.61. The first-order valence-electron chi connectivity index (χ1n) is 4.57. The van der Waals surface area contributed by atoms with Gasteiger partial charge in [0.25, 0.3) is 0 Å². The molecular formula is C12H10N2S. The molecule has 0 fully saturated rings. The maximum Gasteiger partial charge on any atom is 0.104 e. The van der Waals surface area contributed by atoms with Crippen molar-refractivity contribution in [3.8, 4) is 16.5 Å². The largest absolute Gasteiger partial charge is 0.389 e. The highest BCUT2D eigenvalue weighted by Gasteiger charge is 2.06. The van der Waals surface area contributed by atoms with Gasteiger partial charge in [-0.25, -0.2) is 0 Å². The molecule has 15 heavy (non-hydrogen) atoms. The number of thiophene rings is 1. The molecule has 1 heterocycles. The Labute approximate surface area is 92.6 Å². The van der Waals surface area contributed by atoms with Crippen molar-refractivity contribution < 1.29 is 0 Å². The van der Waals surface area contributed by atoms with Crippen LogP contribution in [0.1, 0.15) is 11.1 Å². The molecule has 74 valence electrons. The van der Waals surface area contributed by atoms with E-state index in [1.165, 1.54) is 16.9 Å². The molecule has 2 nitrogen and oxygen atoms in total. The lowest BCUT2D eigenvalue weighted by Gasteiger charge is -1.96. The van der Waals surface area contributed by atoms with Crippen LogP contribution in [0.25, 0.3) is 10.4 Å². The SMILES string of the molecule is Cc1ccc(-c2cc(C#N)c(N)s2)cc1. The van der Waals surface area contributed by atoms with Crippen LogP contribution in [0.15, 0.2) is 30.3 Å². The van der Waals surface area contributed by atoms with Crippen LogP contribution in [0, 0.1) is 18.3 Å². The molecule has 3 heteroatoms. The van der Waals surface area contributed by atoms with Crippen molar-refractivity contribution in [1.29, 1.82) is 5.26 Å². The molecular weight excluding hydrogens is 204 g/mol. The molecule has 2 rings (SSSR count). The van der Waals surface area contributed by atoms with E-state index in [1.807, 2.05) is 25.1 Å². The zero-order valence-electron chi connectivity index (χ0n) is 8.32. The smallest absolute Gasteiger partial charge is 0.104 e. The third-order valence-corrected chi connectivity index (χ3v) is 3.23. The topological polar surface area (TPSA) is 49.8 Å². The minimum atomic E-state index is 0.565. The first kappa shape index (κ1) is 9.75. The summed E-state index contributed by atoms with van der Waals surface area (Å²) in [4.78, 5) is 1.05. The molecule has 2 N–H and O–H groups in total. The molecule has 0 aliphatic heterocycles. The van der Waals surface area contributed by atoms with Gasteiger partial charge in [0.05, 0.1) is 5.56 Å². The van der Waals surface area contributed by atoms with Crippen LogP contribution < -0.4 is 5.73 Å². The number of rotatable bonds is 1. The van der Waals surface area contributed by atoms with E-state index < -0.39 is 0 Å². The lowest BCUT2D eigenvalue weighted by Crippen LogP contribution is -1.80. The van der Waals surface area contributed by atoms with Crippen molar-refractivity contribution in [1.82, 2.24) is 0 Å². The molecule has 0 spiro atoms. The number of hydrogen-bond acceptors (Lipinski definition) is 3. The van der Waals surface area contributed by atoms with Crippen molar-refractivity contribution >= 4 is 16.3 Å². The molecule has 0 saturated carbocycles. The second-order valence-corrected chi connectivity index (χ2v) is 4.45. The number of nitrogens with two attached hydrogens (primary N) is 1. The van der Waals surface area contributed by atoms with Crippen molar-refractivity contribution in [2.75, 3.05) is 5.73 Å². The normalized spacial score (nSPS) is 9.87. The molecule has 0 radical (unpaired) electrons. The molecule has 1 aromatic heterocycles. The summed E-state index contributed by atoms with van der Waals surface area (Å²) in [6.45, 7) is 2.05. The minimum absolute atomic E-state index is 0.565. The Kier molecular flexibility index (Phi) is 2.44. The first-order chi connectivity index (χ1) is 7.20. The summed E-state index contributed by atoms with van der Waals surface area (Å²) in [7, 11) is 0. The Hall–Kier alpha value is -1.79. The van der Waals surface area contributed by atoms with E-state index in [9.17, 15) is 0 Å². The second kappa shape index (κ2) is 3.76.